The Bertz CT molecular complexity index is 749. The number of Topliss-reactive ketones (excluding diaryl/α,β-unsaturated/α-hetero) is 1. The molecule has 0 bridgehead atoms. The molecular weight excluding hydrogens is 418 g/mol. The highest BCUT2D eigenvalue weighted by Gasteiger charge is 2.35. The summed E-state index contributed by atoms with van der Waals surface area (Å²) in [5.74, 6) is -1.00. The molecule has 7 heteroatoms. The van der Waals surface area contributed by atoms with Crippen molar-refractivity contribution in [2.45, 2.75) is 77.7 Å². The molecule has 1 fully saturated rings. The lowest BCUT2D eigenvalue weighted by Gasteiger charge is -2.17. The zero-order chi connectivity index (χ0) is 22.5. The molecule has 31 heavy (non-hydrogen) atoms. The third-order valence-electron chi connectivity index (χ3n) is 5.40. The van der Waals surface area contributed by atoms with E-state index in [-0.39, 0.29) is 18.7 Å². The third-order valence-corrected chi connectivity index (χ3v) is 5.72. The van der Waals surface area contributed by atoms with E-state index in [1.54, 1.807) is 18.2 Å². The van der Waals surface area contributed by atoms with E-state index in [0.29, 0.717) is 23.6 Å². The first-order valence-corrected chi connectivity index (χ1v) is 11.7. The fourth-order valence-corrected chi connectivity index (χ4v) is 3.78. The highest BCUT2D eigenvalue weighted by molar-refractivity contribution is 6.37. The topological polar surface area (TPSA) is 76.1 Å². The normalized spacial score (nSPS) is 15.4. The van der Waals surface area contributed by atoms with Crippen LogP contribution in [0.15, 0.2) is 30.0 Å². The lowest BCUT2D eigenvalue weighted by Crippen LogP contribution is -2.25. The fourth-order valence-electron chi connectivity index (χ4n) is 3.56. The van der Waals surface area contributed by atoms with Gasteiger partial charge in [-0.25, -0.2) is 9.78 Å². The number of amides is 1. The molecule has 0 saturated carbocycles. The van der Waals surface area contributed by atoms with Crippen LogP contribution in [0.3, 0.4) is 0 Å². The quantitative estimate of drug-likeness (QED) is 0.0874. The van der Waals surface area contributed by atoms with Crippen LogP contribution < -0.4 is 4.90 Å². The number of rotatable bonds is 15. The van der Waals surface area contributed by atoms with Crippen LogP contribution in [0.5, 0.6) is 0 Å². The highest BCUT2D eigenvalue weighted by atomic mass is 35.5. The van der Waals surface area contributed by atoms with E-state index in [0.717, 1.165) is 18.4 Å². The summed E-state index contributed by atoms with van der Waals surface area (Å²) >= 11 is 6.21. The summed E-state index contributed by atoms with van der Waals surface area (Å²) in [6.45, 7) is 2.84. The smallest absolute Gasteiger partial charge is 0.265 e. The van der Waals surface area contributed by atoms with Gasteiger partial charge in [0.15, 0.2) is 5.78 Å². The van der Waals surface area contributed by atoms with E-state index in [4.69, 9.17) is 26.5 Å². The molecule has 1 N–H and O–H groups in total. The Kier molecular flexibility index (Phi) is 11.6. The van der Waals surface area contributed by atoms with Gasteiger partial charge in [-0.3, -0.25) is 14.5 Å². The number of unbranched alkanes of at least 4 members (excludes halogenated alkanes) is 9. The predicted octanol–water partition coefficient (Wildman–Crippen LogP) is 6.07. The largest absolute Gasteiger partial charge is 0.515 e. The molecule has 1 amide bonds. The number of carbonyl (C=O) groups excluding carboxylic acids is 2. The SMILES string of the molecule is CCCCCCCCCCCCOOCc1ccc(Cl)c(N2CC(=O)/C(=C\O)C2=O)c1. The molecule has 1 aliphatic rings. The van der Waals surface area contributed by atoms with Gasteiger partial charge in [0.05, 0.1) is 30.1 Å². The van der Waals surface area contributed by atoms with Crippen LogP contribution in [0.2, 0.25) is 5.02 Å². The van der Waals surface area contributed by atoms with Crippen LogP contribution in [0.1, 0.15) is 76.7 Å². The van der Waals surface area contributed by atoms with Crippen LogP contribution in [0.25, 0.3) is 0 Å². The molecular formula is C24H34ClNO5. The number of ketones is 1. The van der Waals surface area contributed by atoms with Crippen molar-refractivity contribution in [2.24, 2.45) is 0 Å². The number of aliphatic hydroxyl groups excluding tert-OH is 1. The minimum Gasteiger partial charge on any atom is -0.515 e. The van der Waals surface area contributed by atoms with Crippen molar-refractivity contribution >= 4 is 29.0 Å². The zero-order valence-corrected chi connectivity index (χ0v) is 19.2. The van der Waals surface area contributed by atoms with Gasteiger partial charge in [-0.1, -0.05) is 82.4 Å². The highest BCUT2D eigenvalue weighted by Crippen LogP contribution is 2.31. The van der Waals surface area contributed by atoms with E-state index < -0.39 is 11.7 Å². The second kappa shape index (κ2) is 14.2. The van der Waals surface area contributed by atoms with E-state index in [9.17, 15) is 9.59 Å². The Morgan fingerprint density at radius 1 is 1.00 bits per heavy atom. The fraction of sp³-hybridized carbons (Fsp3) is 0.583. The Morgan fingerprint density at radius 3 is 2.26 bits per heavy atom. The summed E-state index contributed by atoms with van der Waals surface area (Å²) in [7, 11) is 0. The molecule has 6 nitrogen and oxygen atoms in total. The molecule has 2 rings (SSSR count). The van der Waals surface area contributed by atoms with Gasteiger partial charge < -0.3 is 5.11 Å². The molecule has 1 aliphatic heterocycles. The third kappa shape index (κ3) is 8.28. The molecule has 0 spiro atoms. The van der Waals surface area contributed by atoms with E-state index in [1.165, 1.54) is 56.3 Å². The van der Waals surface area contributed by atoms with Crippen LogP contribution in [0, 0.1) is 0 Å². The maximum atomic E-state index is 12.3. The molecule has 1 heterocycles. The minimum atomic E-state index is -0.565. The molecule has 0 aromatic heterocycles. The van der Waals surface area contributed by atoms with Gasteiger partial charge in [-0.05, 0) is 24.1 Å². The first kappa shape index (κ1) is 25.4. The maximum absolute atomic E-state index is 12.3. The molecule has 0 atom stereocenters. The Morgan fingerprint density at radius 2 is 1.65 bits per heavy atom. The number of benzene rings is 1. The summed E-state index contributed by atoms with van der Waals surface area (Å²) in [4.78, 5) is 35.9. The van der Waals surface area contributed by atoms with Crippen LogP contribution in [0.4, 0.5) is 5.69 Å². The standard InChI is InChI=1S/C24H34ClNO5/c1-2-3-4-5-6-7-8-9-10-11-14-30-31-18-19-12-13-21(25)22(15-19)26-16-23(28)20(17-27)24(26)29/h12-13,15,17,27H,2-11,14,16,18H2,1H3/b20-17+. The van der Waals surface area contributed by atoms with Gasteiger partial charge in [-0.2, -0.15) is 0 Å². The van der Waals surface area contributed by atoms with Crippen molar-refractivity contribution in [2.75, 3.05) is 18.1 Å². The minimum absolute atomic E-state index is 0.148. The number of halogens is 1. The lowest BCUT2D eigenvalue weighted by molar-refractivity contribution is -0.304. The molecule has 0 unspecified atom stereocenters. The number of anilines is 1. The van der Waals surface area contributed by atoms with Gasteiger partial charge in [0.25, 0.3) is 5.91 Å². The molecule has 0 radical (unpaired) electrons. The van der Waals surface area contributed by atoms with E-state index in [1.807, 2.05) is 0 Å². The summed E-state index contributed by atoms with van der Waals surface area (Å²) in [5, 5.41) is 9.43. The van der Waals surface area contributed by atoms with Gasteiger partial charge in [0.1, 0.15) is 12.2 Å². The van der Waals surface area contributed by atoms with Gasteiger partial charge in [0, 0.05) is 0 Å². The van der Waals surface area contributed by atoms with Crippen molar-refractivity contribution in [1.82, 2.24) is 0 Å². The number of carbonyl (C=O) groups is 2. The molecule has 1 aromatic rings. The summed E-state index contributed by atoms with van der Waals surface area (Å²) in [6.07, 6.45) is 13.2. The molecule has 1 saturated heterocycles. The molecule has 1 aromatic carbocycles. The van der Waals surface area contributed by atoms with Crippen LogP contribution in [-0.4, -0.2) is 29.9 Å². The van der Waals surface area contributed by atoms with E-state index >= 15 is 0 Å². The Hall–Kier alpha value is -1.89. The Labute approximate surface area is 190 Å². The Balaban J connectivity index is 1.63. The first-order valence-electron chi connectivity index (χ1n) is 11.3. The summed E-state index contributed by atoms with van der Waals surface area (Å²) < 4.78 is 0. The summed E-state index contributed by atoms with van der Waals surface area (Å²) in [5.41, 5.74) is 0.939. The second-order valence-electron chi connectivity index (χ2n) is 7.91. The zero-order valence-electron chi connectivity index (χ0n) is 18.4. The van der Waals surface area contributed by atoms with E-state index in [2.05, 4.69) is 6.92 Å². The first-order chi connectivity index (χ1) is 15.1. The van der Waals surface area contributed by atoms with Crippen molar-refractivity contribution in [1.29, 1.82) is 0 Å². The van der Waals surface area contributed by atoms with Crippen molar-refractivity contribution in [3.8, 4) is 0 Å². The molecule has 172 valence electrons. The average Bonchev–Trinajstić information content (AvgIpc) is 3.05. The number of aliphatic hydroxyl groups is 1. The van der Waals surface area contributed by atoms with Crippen molar-refractivity contribution in [3.63, 3.8) is 0 Å². The van der Waals surface area contributed by atoms with Gasteiger partial charge in [0.2, 0.25) is 0 Å². The average molecular weight is 452 g/mol. The van der Waals surface area contributed by atoms with Crippen molar-refractivity contribution in [3.05, 3.63) is 40.6 Å². The lowest BCUT2D eigenvalue weighted by atomic mass is 10.1. The second-order valence-corrected chi connectivity index (χ2v) is 8.32. The van der Waals surface area contributed by atoms with Gasteiger partial charge >= 0.3 is 0 Å². The number of hydrogen-bond acceptors (Lipinski definition) is 5. The number of nitrogens with zero attached hydrogens (tertiary/aromatic N) is 1. The van der Waals surface area contributed by atoms with Crippen molar-refractivity contribution < 1.29 is 24.5 Å². The maximum Gasteiger partial charge on any atom is 0.265 e. The van der Waals surface area contributed by atoms with Crippen LogP contribution in [-0.2, 0) is 26.0 Å². The monoisotopic (exact) mass is 451 g/mol. The summed E-state index contributed by atoms with van der Waals surface area (Å²) in [6, 6.07) is 5.12. The van der Waals surface area contributed by atoms with Gasteiger partial charge in [-0.15, -0.1) is 0 Å². The number of hydrogen-bond donors (Lipinski definition) is 1. The van der Waals surface area contributed by atoms with Crippen LogP contribution >= 0.6 is 11.6 Å². The molecule has 0 aliphatic carbocycles. The predicted molar refractivity (Wildman–Crippen MR) is 122 cm³/mol.